The molecule has 0 bridgehead atoms. The standard InChI is InChI=1S/C20H22N4O4/c21-14(25)9-13-15-16(18(27)24(17(15)26)10-5-1-2-6-10)20(23-13)11-7-3-4-8-12(11)22-19(20)28/h3-4,7-8,10,13,15-16,23H,1-2,5-6,9H2,(H2,21,25)(H,22,28)/p+1/t13-,15+,16-,20+/m0/s1. The van der Waals surface area contributed by atoms with Crippen LogP contribution in [0.15, 0.2) is 24.3 Å². The molecule has 4 atom stereocenters. The van der Waals surface area contributed by atoms with Gasteiger partial charge in [0.05, 0.1) is 12.1 Å². The predicted molar refractivity (Wildman–Crippen MR) is 97.4 cm³/mol. The second kappa shape index (κ2) is 5.88. The Kier molecular flexibility index (Phi) is 3.64. The maximum absolute atomic E-state index is 13.5. The molecule has 28 heavy (non-hydrogen) atoms. The second-order valence-corrected chi connectivity index (χ2v) is 8.36. The molecule has 1 aromatic carbocycles. The van der Waals surface area contributed by atoms with Gasteiger partial charge in [0.1, 0.15) is 17.9 Å². The van der Waals surface area contributed by atoms with Gasteiger partial charge < -0.3 is 16.4 Å². The number of quaternary nitrogens is 1. The van der Waals surface area contributed by atoms with Crippen molar-refractivity contribution in [2.75, 3.05) is 5.32 Å². The molecular weight excluding hydrogens is 360 g/mol. The highest BCUT2D eigenvalue weighted by atomic mass is 16.2. The van der Waals surface area contributed by atoms with Crippen LogP contribution in [0.2, 0.25) is 0 Å². The molecule has 3 fully saturated rings. The first-order valence-corrected chi connectivity index (χ1v) is 9.87. The topological polar surface area (TPSA) is 126 Å². The molecule has 1 aliphatic carbocycles. The molecule has 4 amide bonds. The quantitative estimate of drug-likeness (QED) is 0.591. The first-order valence-electron chi connectivity index (χ1n) is 9.87. The van der Waals surface area contributed by atoms with Crippen LogP contribution in [0.1, 0.15) is 37.7 Å². The molecule has 5 rings (SSSR count). The van der Waals surface area contributed by atoms with E-state index >= 15 is 0 Å². The van der Waals surface area contributed by atoms with Gasteiger partial charge >= 0.3 is 0 Å². The average Bonchev–Trinajstić information content (AvgIpc) is 3.37. The minimum Gasteiger partial charge on any atom is -0.369 e. The largest absolute Gasteiger partial charge is 0.369 e. The third-order valence-corrected chi connectivity index (χ3v) is 6.94. The number of fused-ring (bicyclic) bond motifs is 4. The van der Waals surface area contributed by atoms with Crippen molar-refractivity contribution >= 4 is 29.3 Å². The summed E-state index contributed by atoms with van der Waals surface area (Å²) in [7, 11) is 0. The van der Waals surface area contributed by atoms with Gasteiger partial charge in [-0.2, -0.15) is 0 Å². The van der Waals surface area contributed by atoms with Crippen LogP contribution in [-0.4, -0.2) is 40.6 Å². The number of hydrogen-bond donors (Lipinski definition) is 3. The number of likely N-dealkylation sites (tertiary alicyclic amines) is 1. The molecule has 2 saturated heterocycles. The molecule has 1 saturated carbocycles. The van der Waals surface area contributed by atoms with Crippen molar-refractivity contribution < 1.29 is 24.5 Å². The van der Waals surface area contributed by atoms with E-state index < -0.39 is 29.3 Å². The van der Waals surface area contributed by atoms with Crippen LogP contribution in [-0.2, 0) is 24.7 Å². The summed E-state index contributed by atoms with van der Waals surface area (Å²) >= 11 is 0. The summed E-state index contributed by atoms with van der Waals surface area (Å²) in [6.07, 6.45) is 3.54. The highest BCUT2D eigenvalue weighted by molar-refractivity contribution is 6.14. The number of benzene rings is 1. The van der Waals surface area contributed by atoms with Crippen LogP contribution in [0.25, 0.3) is 0 Å². The van der Waals surface area contributed by atoms with Crippen molar-refractivity contribution in [1.82, 2.24) is 4.90 Å². The molecule has 1 aromatic rings. The van der Waals surface area contributed by atoms with Gasteiger partial charge in [-0.25, -0.2) is 0 Å². The predicted octanol–water partition coefficient (Wildman–Crippen LogP) is -0.801. The third kappa shape index (κ3) is 2.09. The Balaban J connectivity index is 1.64. The summed E-state index contributed by atoms with van der Waals surface area (Å²) in [6, 6.07) is 6.63. The summed E-state index contributed by atoms with van der Waals surface area (Å²) in [5, 5.41) is 4.61. The molecule has 5 N–H and O–H groups in total. The molecular formula is C20H23N4O4+. The van der Waals surface area contributed by atoms with Crippen LogP contribution < -0.4 is 16.4 Å². The second-order valence-electron chi connectivity index (χ2n) is 8.36. The number of nitrogens with one attached hydrogen (secondary N) is 1. The molecule has 8 heteroatoms. The lowest BCUT2D eigenvalue weighted by atomic mass is 9.76. The number of imide groups is 1. The first-order chi connectivity index (χ1) is 13.4. The fourth-order valence-electron chi connectivity index (χ4n) is 5.88. The lowest BCUT2D eigenvalue weighted by Gasteiger charge is -2.28. The van der Waals surface area contributed by atoms with Crippen LogP contribution >= 0.6 is 0 Å². The van der Waals surface area contributed by atoms with E-state index in [0.29, 0.717) is 11.3 Å². The molecule has 8 nitrogen and oxygen atoms in total. The number of rotatable bonds is 3. The SMILES string of the molecule is NC(=O)C[C@@H]1[NH2+][C@@]2(C(=O)Nc3ccccc32)[C@@H]2C(=O)N(C3CCCC3)C(=O)[C@H]12. The summed E-state index contributed by atoms with van der Waals surface area (Å²) < 4.78 is 0. The monoisotopic (exact) mass is 383 g/mol. The van der Waals surface area contributed by atoms with E-state index in [9.17, 15) is 19.2 Å². The summed E-state index contributed by atoms with van der Waals surface area (Å²) in [4.78, 5) is 53.1. The zero-order valence-corrected chi connectivity index (χ0v) is 15.4. The minimum atomic E-state index is -1.22. The normalized spacial score (nSPS) is 34.2. The Bertz CT molecular complexity index is 909. The van der Waals surface area contributed by atoms with Gasteiger partial charge in [-0.1, -0.05) is 31.0 Å². The lowest BCUT2D eigenvalue weighted by molar-refractivity contribution is -0.732. The van der Waals surface area contributed by atoms with Crippen LogP contribution in [0.4, 0.5) is 5.69 Å². The lowest BCUT2D eigenvalue weighted by Crippen LogP contribution is -2.99. The molecule has 3 heterocycles. The van der Waals surface area contributed by atoms with Crippen molar-refractivity contribution in [3.05, 3.63) is 29.8 Å². The van der Waals surface area contributed by atoms with Crippen molar-refractivity contribution in [1.29, 1.82) is 0 Å². The highest BCUT2D eigenvalue weighted by Crippen LogP contribution is 2.50. The van der Waals surface area contributed by atoms with Crippen LogP contribution in [0.5, 0.6) is 0 Å². The molecule has 146 valence electrons. The summed E-state index contributed by atoms with van der Waals surface area (Å²) in [5.41, 5.74) is 5.58. The van der Waals surface area contributed by atoms with Crippen molar-refractivity contribution in [2.24, 2.45) is 17.6 Å². The van der Waals surface area contributed by atoms with Crippen LogP contribution in [0.3, 0.4) is 0 Å². The van der Waals surface area contributed by atoms with Crippen LogP contribution in [0, 0.1) is 11.8 Å². The Labute approximate surface area is 161 Å². The number of amides is 4. The van der Waals surface area contributed by atoms with E-state index in [2.05, 4.69) is 5.32 Å². The molecule has 0 radical (unpaired) electrons. The fourth-order valence-corrected chi connectivity index (χ4v) is 5.88. The number of hydrogen-bond acceptors (Lipinski definition) is 4. The van der Waals surface area contributed by atoms with Gasteiger partial charge in [-0.05, 0) is 18.9 Å². The van der Waals surface area contributed by atoms with E-state index in [4.69, 9.17) is 5.73 Å². The van der Waals surface area contributed by atoms with Gasteiger partial charge in [0.15, 0.2) is 0 Å². The van der Waals surface area contributed by atoms with Crippen molar-refractivity contribution in [3.8, 4) is 0 Å². The van der Waals surface area contributed by atoms with E-state index in [1.165, 1.54) is 4.90 Å². The number of anilines is 1. The molecule has 1 spiro atoms. The maximum atomic E-state index is 13.5. The summed E-state index contributed by atoms with van der Waals surface area (Å²) in [5.74, 6) is -2.89. The number of nitrogens with zero attached hydrogens (tertiary/aromatic N) is 1. The van der Waals surface area contributed by atoms with Gasteiger partial charge in [0.2, 0.25) is 23.3 Å². The van der Waals surface area contributed by atoms with Gasteiger partial charge in [0, 0.05) is 11.6 Å². The number of carbonyl (C=O) groups is 4. The Morgan fingerprint density at radius 1 is 1.18 bits per heavy atom. The van der Waals surface area contributed by atoms with E-state index in [0.717, 1.165) is 25.7 Å². The molecule has 0 unspecified atom stereocenters. The maximum Gasteiger partial charge on any atom is 0.291 e. The summed E-state index contributed by atoms with van der Waals surface area (Å²) in [6.45, 7) is 0. The van der Waals surface area contributed by atoms with E-state index in [1.54, 1.807) is 11.4 Å². The molecule has 3 aliphatic heterocycles. The van der Waals surface area contributed by atoms with Crippen molar-refractivity contribution in [2.45, 2.75) is 49.7 Å². The zero-order valence-electron chi connectivity index (χ0n) is 15.4. The van der Waals surface area contributed by atoms with Gasteiger partial charge in [-0.15, -0.1) is 0 Å². The average molecular weight is 383 g/mol. The number of primary amides is 1. The van der Waals surface area contributed by atoms with E-state index in [-0.39, 0.29) is 30.2 Å². The number of nitrogens with two attached hydrogens (primary N) is 2. The Hall–Kier alpha value is -2.74. The first kappa shape index (κ1) is 17.4. The highest BCUT2D eigenvalue weighted by Gasteiger charge is 2.74. The van der Waals surface area contributed by atoms with Crippen molar-refractivity contribution in [3.63, 3.8) is 0 Å². The van der Waals surface area contributed by atoms with Gasteiger partial charge in [-0.3, -0.25) is 24.1 Å². The fraction of sp³-hybridized carbons (Fsp3) is 0.500. The van der Waals surface area contributed by atoms with E-state index in [1.807, 2.05) is 18.2 Å². The molecule has 0 aromatic heterocycles. The zero-order chi connectivity index (χ0) is 19.6. The third-order valence-electron chi connectivity index (χ3n) is 6.94. The number of carbonyl (C=O) groups excluding carboxylic acids is 4. The molecule has 4 aliphatic rings. The smallest absolute Gasteiger partial charge is 0.291 e. The number of para-hydroxylation sites is 1. The Morgan fingerprint density at radius 3 is 2.61 bits per heavy atom. The Morgan fingerprint density at radius 2 is 1.89 bits per heavy atom. The van der Waals surface area contributed by atoms with Gasteiger partial charge in [0.25, 0.3) is 5.91 Å². The minimum absolute atomic E-state index is 0.0457.